The first-order chi connectivity index (χ1) is 12.8. The van der Waals surface area contributed by atoms with Gasteiger partial charge in [-0.2, -0.15) is 4.31 Å². The number of esters is 2. The van der Waals surface area contributed by atoms with E-state index < -0.39 is 27.4 Å². The first-order valence-corrected chi connectivity index (χ1v) is 10.0. The van der Waals surface area contributed by atoms with Crippen molar-refractivity contribution in [2.24, 2.45) is 17.3 Å². The van der Waals surface area contributed by atoms with Crippen LogP contribution in [0, 0.1) is 17.3 Å². The molecule has 1 saturated heterocycles. The molecule has 0 radical (unpaired) electrons. The van der Waals surface area contributed by atoms with E-state index in [1.165, 1.54) is 37.8 Å². The number of carbonyl (C=O) groups is 2. The third kappa shape index (κ3) is 3.19. The lowest BCUT2D eigenvalue weighted by atomic mass is 9.84. The Balaban J connectivity index is 1.79. The number of rotatable bonds is 5. The quantitative estimate of drug-likeness (QED) is 0.541. The molecule has 2 fully saturated rings. The Hall–Kier alpha value is -2.13. The summed E-state index contributed by atoms with van der Waals surface area (Å²) in [5, 5.41) is 0. The first kappa shape index (κ1) is 19.6. The first-order valence-electron chi connectivity index (χ1n) is 8.59. The highest BCUT2D eigenvalue weighted by molar-refractivity contribution is 7.89. The Labute approximate surface area is 158 Å². The maximum absolute atomic E-state index is 12.9. The van der Waals surface area contributed by atoms with E-state index in [9.17, 15) is 18.0 Å². The summed E-state index contributed by atoms with van der Waals surface area (Å²) in [7, 11) is 0.340. The molecule has 1 heterocycles. The highest BCUT2D eigenvalue weighted by Gasteiger charge is 2.60. The Morgan fingerprint density at radius 3 is 1.85 bits per heavy atom. The lowest BCUT2D eigenvalue weighted by molar-refractivity contribution is -0.169. The number of hydrogen-bond donors (Lipinski definition) is 0. The fraction of sp³-hybridized carbons (Fsp3) is 0.556. The summed E-state index contributed by atoms with van der Waals surface area (Å²) in [4.78, 5) is 24.7. The lowest BCUT2D eigenvalue weighted by Crippen LogP contribution is -2.41. The molecule has 3 rings (SSSR count). The third-order valence-electron chi connectivity index (χ3n) is 5.61. The molecule has 0 aromatic heterocycles. The van der Waals surface area contributed by atoms with Gasteiger partial charge in [0.2, 0.25) is 10.0 Å². The van der Waals surface area contributed by atoms with Gasteiger partial charge in [0.15, 0.2) is 5.41 Å². The maximum Gasteiger partial charge on any atom is 0.323 e. The summed E-state index contributed by atoms with van der Waals surface area (Å²) in [5.41, 5.74) is -1.34. The van der Waals surface area contributed by atoms with Crippen LogP contribution < -0.4 is 4.74 Å². The van der Waals surface area contributed by atoms with Crippen LogP contribution in [0.4, 0.5) is 0 Å². The topological polar surface area (TPSA) is 99.2 Å². The molecule has 0 unspecified atom stereocenters. The number of hydrogen-bond acceptors (Lipinski definition) is 7. The second-order valence-corrected chi connectivity index (χ2v) is 8.93. The zero-order valence-electron chi connectivity index (χ0n) is 15.5. The van der Waals surface area contributed by atoms with E-state index in [1.54, 1.807) is 12.1 Å². The van der Waals surface area contributed by atoms with E-state index in [1.807, 2.05) is 0 Å². The fourth-order valence-electron chi connectivity index (χ4n) is 4.24. The number of sulfonamides is 1. The maximum atomic E-state index is 12.9. The molecular weight excluding hydrogens is 374 g/mol. The standard InChI is InChI=1S/C18H23NO7S/c1-24-14-4-6-15(7-5-14)27(22,23)19-10-12-8-18(16(20)25-2,17(21)26-3)9-13(12)11-19/h4-7,12-13H,8-11H2,1-3H3/t12-,13+. The molecule has 148 valence electrons. The smallest absolute Gasteiger partial charge is 0.323 e. The summed E-state index contributed by atoms with van der Waals surface area (Å²) in [5.74, 6) is -0.859. The highest BCUT2D eigenvalue weighted by Crippen LogP contribution is 2.51. The minimum atomic E-state index is -3.65. The van der Waals surface area contributed by atoms with Gasteiger partial charge < -0.3 is 14.2 Å². The number of methoxy groups -OCH3 is 3. The Morgan fingerprint density at radius 1 is 0.963 bits per heavy atom. The second-order valence-electron chi connectivity index (χ2n) is 6.99. The van der Waals surface area contributed by atoms with Gasteiger partial charge in [-0.15, -0.1) is 0 Å². The van der Waals surface area contributed by atoms with E-state index >= 15 is 0 Å². The van der Waals surface area contributed by atoms with Gasteiger partial charge in [-0.1, -0.05) is 0 Å². The van der Waals surface area contributed by atoms with Crippen LogP contribution in [-0.2, 0) is 29.1 Å². The molecule has 0 N–H and O–H groups in total. The third-order valence-corrected chi connectivity index (χ3v) is 7.46. The molecule has 1 aliphatic carbocycles. The summed E-state index contributed by atoms with van der Waals surface area (Å²) in [6, 6.07) is 6.22. The van der Waals surface area contributed by atoms with Crippen LogP contribution in [0.2, 0.25) is 0 Å². The van der Waals surface area contributed by atoms with E-state index in [4.69, 9.17) is 14.2 Å². The molecule has 2 atom stereocenters. The lowest BCUT2D eigenvalue weighted by Gasteiger charge is -2.25. The van der Waals surface area contributed by atoms with E-state index in [0.717, 1.165) is 0 Å². The van der Waals surface area contributed by atoms with Gasteiger partial charge in [-0.25, -0.2) is 8.42 Å². The van der Waals surface area contributed by atoms with Crippen LogP contribution in [0.15, 0.2) is 29.2 Å². The predicted octanol–water partition coefficient (Wildman–Crippen LogP) is 1.06. The molecule has 0 spiro atoms. The molecule has 2 aliphatic rings. The predicted molar refractivity (Wildman–Crippen MR) is 94.4 cm³/mol. The Kier molecular flexibility index (Phi) is 5.18. The van der Waals surface area contributed by atoms with Gasteiger partial charge >= 0.3 is 11.9 Å². The second kappa shape index (κ2) is 7.12. The SMILES string of the molecule is COC(=O)C1(C(=O)OC)C[C@H]2CN(S(=O)(=O)c3ccc(OC)cc3)C[C@H]2C1. The zero-order valence-corrected chi connectivity index (χ0v) is 16.3. The highest BCUT2D eigenvalue weighted by atomic mass is 32.2. The van der Waals surface area contributed by atoms with Crippen molar-refractivity contribution in [1.29, 1.82) is 0 Å². The Bertz CT molecular complexity index is 802. The van der Waals surface area contributed by atoms with E-state index in [-0.39, 0.29) is 42.7 Å². The number of carbonyl (C=O) groups excluding carboxylic acids is 2. The molecule has 1 saturated carbocycles. The largest absolute Gasteiger partial charge is 0.497 e. The number of ether oxygens (including phenoxy) is 3. The number of fused-ring (bicyclic) bond motifs is 1. The van der Waals surface area contributed by atoms with Gasteiger partial charge in [0, 0.05) is 13.1 Å². The van der Waals surface area contributed by atoms with Crippen molar-refractivity contribution in [3.05, 3.63) is 24.3 Å². The van der Waals surface area contributed by atoms with Crippen molar-refractivity contribution in [1.82, 2.24) is 4.31 Å². The Morgan fingerprint density at radius 2 is 1.44 bits per heavy atom. The normalized spacial score (nSPS) is 24.3. The summed E-state index contributed by atoms with van der Waals surface area (Å²) in [6.07, 6.45) is 0.456. The van der Waals surface area contributed by atoms with Gasteiger partial charge in [-0.3, -0.25) is 9.59 Å². The van der Waals surface area contributed by atoms with Gasteiger partial charge in [0.25, 0.3) is 0 Å². The molecule has 0 amide bonds. The summed E-state index contributed by atoms with van der Waals surface area (Å²) in [6.45, 7) is 0.517. The monoisotopic (exact) mass is 397 g/mol. The van der Waals surface area contributed by atoms with Crippen LogP contribution in [0.5, 0.6) is 5.75 Å². The average molecular weight is 397 g/mol. The molecular formula is C18H23NO7S. The van der Waals surface area contributed by atoms with Crippen molar-refractivity contribution in [3.8, 4) is 5.75 Å². The van der Waals surface area contributed by atoms with Crippen molar-refractivity contribution in [3.63, 3.8) is 0 Å². The van der Waals surface area contributed by atoms with Gasteiger partial charge in [0.1, 0.15) is 5.75 Å². The van der Waals surface area contributed by atoms with Crippen LogP contribution >= 0.6 is 0 Å². The van der Waals surface area contributed by atoms with Crippen molar-refractivity contribution in [2.75, 3.05) is 34.4 Å². The molecule has 1 aromatic rings. The van der Waals surface area contributed by atoms with Crippen molar-refractivity contribution in [2.45, 2.75) is 17.7 Å². The number of nitrogens with zero attached hydrogens (tertiary/aromatic N) is 1. The minimum absolute atomic E-state index is 0.101. The summed E-state index contributed by atoms with van der Waals surface area (Å²) < 4.78 is 42.0. The van der Waals surface area contributed by atoms with Crippen LogP contribution in [0.25, 0.3) is 0 Å². The average Bonchev–Trinajstić information content (AvgIpc) is 3.24. The zero-order chi connectivity index (χ0) is 19.8. The molecule has 1 aliphatic heterocycles. The van der Waals surface area contributed by atoms with Gasteiger partial charge in [0.05, 0.1) is 26.2 Å². The van der Waals surface area contributed by atoms with Crippen molar-refractivity contribution < 1.29 is 32.2 Å². The molecule has 8 nitrogen and oxygen atoms in total. The minimum Gasteiger partial charge on any atom is -0.497 e. The van der Waals surface area contributed by atoms with E-state index in [2.05, 4.69) is 0 Å². The van der Waals surface area contributed by atoms with Crippen molar-refractivity contribution >= 4 is 22.0 Å². The van der Waals surface area contributed by atoms with E-state index in [0.29, 0.717) is 5.75 Å². The molecule has 0 bridgehead atoms. The van der Waals surface area contributed by atoms with Gasteiger partial charge in [-0.05, 0) is 48.9 Å². The number of benzene rings is 1. The molecule has 1 aromatic carbocycles. The van der Waals surface area contributed by atoms with Crippen LogP contribution in [0.1, 0.15) is 12.8 Å². The molecule has 27 heavy (non-hydrogen) atoms. The van der Waals surface area contributed by atoms with Crippen LogP contribution in [0.3, 0.4) is 0 Å². The fourth-order valence-corrected chi connectivity index (χ4v) is 5.79. The summed E-state index contributed by atoms with van der Waals surface area (Å²) >= 11 is 0. The van der Waals surface area contributed by atoms with Crippen LogP contribution in [-0.4, -0.2) is 59.1 Å². The molecule has 9 heteroatoms.